The number of amides is 1. The Morgan fingerprint density at radius 2 is 2.00 bits per heavy atom. The number of benzene rings is 1. The molecule has 1 aromatic carbocycles. The van der Waals surface area contributed by atoms with Crippen LogP contribution in [0.5, 0.6) is 0 Å². The van der Waals surface area contributed by atoms with Gasteiger partial charge in [-0.2, -0.15) is 0 Å². The van der Waals surface area contributed by atoms with E-state index >= 15 is 0 Å². The zero-order valence-electron chi connectivity index (χ0n) is 7.87. The lowest BCUT2D eigenvalue weighted by Gasteiger charge is -2.10. The van der Waals surface area contributed by atoms with Gasteiger partial charge in [0.1, 0.15) is 0 Å². The first-order chi connectivity index (χ1) is 6.16. The summed E-state index contributed by atoms with van der Waals surface area (Å²) in [7, 11) is 2.22. The van der Waals surface area contributed by atoms with Crippen LogP contribution in [-0.2, 0) is 0 Å². The number of nitrogens with one attached hydrogen (secondary N) is 1. The van der Waals surface area contributed by atoms with Crippen molar-refractivity contribution < 1.29 is 4.79 Å². The van der Waals surface area contributed by atoms with Crippen LogP contribution in [0, 0.1) is 0 Å². The molecule has 0 saturated heterocycles. The molecule has 1 N–H and O–H groups in total. The highest BCUT2D eigenvalue weighted by Crippen LogP contribution is 2.18. The highest BCUT2D eigenvalue weighted by Gasteiger charge is 2.10. The van der Waals surface area contributed by atoms with Gasteiger partial charge in [-0.15, -0.1) is 0 Å². The Morgan fingerprint density at radius 1 is 1.38 bits per heavy atom. The van der Waals surface area contributed by atoms with Crippen molar-refractivity contribution in [3.63, 3.8) is 0 Å². The van der Waals surface area contributed by atoms with E-state index in [-0.39, 0.29) is 5.91 Å². The monoisotopic (exact) mass is 195 g/mol. The molecule has 13 heavy (non-hydrogen) atoms. The first-order valence-corrected chi connectivity index (χ1v) is 4.84. The van der Waals surface area contributed by atoms with Gasteiger partial charge in [0.2, 0.25) is 0 Å². The lowest BCUT2D eigenvalue weighted by molar-refractivity contribution is 0.0983. The van der Waals surface area contributed by atoms with Gasteiger partial charge in [0, 0.05) is 5.56 Å². The maximum atomic E-state index is 11.4. The molecular formula is C10H14NOP. The predicted molar refractivity (Wildman–Crippen MR) is 57.7 cm³/mol. The minimum atomic E-state index is -0.0469. The fourth-order valence-corrected chi connectivity index (χ4v) is 1.44. The van der Waals surface area contributed by atoms with E-state index < -0.39 is 0 Å². The molecule has 3 heteroatoms. The smallest absolute Gasteiger partial charge is 0.254 e. The van der Waals surface area contributed by atoms with Crippen molar-refractivity contribution in [2.75, 3.05) is 0 Å². The molecule has 0 fully saturated rings. The van der Waals surface area contributed by atoms with Crippen molar-refractivity contribution in [3.8, 4) is 0 Å². The maximum absolute atomic E-state index is 11.4. The number of carbonyl (C=O) groups is 1. The molecule has 0 heterocycles. The zero-order valence-corrected chi connectivity index (χ0v) is 9.03. The van der Waals surface area contributed by atoms with Crippen LogP contribution in [0.4, 0.5) is 0 Å². The van der Waals surface area contributed by atoms with E-state index in [1.807, 2.05) is 24.3 Å². The van der Waals surface area contributed by atoms with Gasteiger partial charge in [0.25, 0.3) is 5.91 Å². The van der Waals surface area contributed by atoms with E-state index in [0.717, 1.165) is 11.1 Å². The molecule has 70 valence electrons. The standard InChI is InChI=1S/C10H14NOP/c1-7(2)8-5-3-4-6-9(8)10(12)11-13/h3-7H,13H2,1-2H3,(H,11,12). The molecule has 1 aromatic rings. The number of rotatable bonds is 2. The molecule has 0 bridgehead atoms. The fourth-order valence-electron chi connectivity index (χ4n) is 1.28. The van der Waals surface area contributed by atoms with Crippen LogP contribution < -0.4 is 5.09 Å². The molecule has 0 aliphatic heterocycles. The lowest BCUT2D eigenvalue weighted by Crippen LogP contribution is -2.14. The molecular weight excluding hydrogens is 181 g/mol. The van der Waals surface area contributed by atoms with Crippen molar-refractivity contribution in [1.82, 2.24) is 5.09 Å². The van der Waals surface area contributed by atoms with Crippen LogP contribution in [0.25, 0.3) is 0 Å². The number of hydrogen-bond acceptors (Lipinski definition) is 1. The lowest BCUT2D eigenvalue weighted by atomic mass is 9.97. The average Bonchev–Trinajstić information content (AvgIpc) is 2.16. The first kappa shape index (κ1) is 10.2. The largest absolute Gasteiger partial charge is 0.337 e. The van der Waals surface area contributed by atoms with Crippen molar-refractivity contribution in [2.45, 2.75) is 19.8 Å². The molecule has 1 rings (SSSR count). The Balaban J connectivity index is 3.12. The summed E-state index contributed by atoms with van der Waals surface area (Å²) in [6.07, 6.45) is 0. The van der Waals surface area contributed by atoms with Gasteiger partial charge in [-0.25, -0.2) is 0 Å². The summed E-state index contributed by atoms with van der Waals surface area (Å²) < 4.78 is 0. The third-order valence-electron chi connectivity index (χ3n) is 1.96. The van der Waals surface area contributed by atoms with Gasteiger partial charge >= 0.3 is 0 Å². The molecule has 0 saturated carbocycles. The molecule has 1 amide bonds. The highest BCUT2D eigenvalue weighted by molar-refractivity contribution is 7.15. The Kier molecular flexibility index (Phi) is 3.44. The maximum Gasteiger partial charge on any atom is 0.254 e. The Bertz CT molecular complexity index is 310. The van der Waals surface area contributed by atoms with Crippen LogP contribution in [-0.4, -0.2) is 5.91 Å². The third-order valence-corrected chi connectivity index (χ3v) is 2.22. The van der Waals surface area contributed by atoms with Crippen LogP contribution in [0.1, 0.15) is 35.7 Å². The van der Waals surface area contributed by atoms with Gasteiger partial charge in [-0.3, -0.25) is 4.79 Å². The van der Waals surface area contributed by atoms with Gasteiger partial charge in [-0.1, -0.05) is 32.0 Å². The second-order valence-electron chi connectivity index (χ2n) is 3.22. The van der Waals surface area contributed by atoms with Crippen LogP contribution in [0.3, 0.4) is 0 Å². The quantitative estimate of drug-likeness (QED) is 0.721. The molecule has 0 aromatic heterocycles. The van der Waals surface area contributed by atoms with Crippen molar-refractivity contribution in [3.05, 3.63) is 35.4 Å². The molecule has 0 radical (unpaired) electrons. The van der Waals surface area contributed by atoms with Crippen molar-refractivity contribution in [2.24, 2.45) is 0 Å². The van der Waals surface area contributed by atoms with Gasteiger partial charge in [0.05, 0.1) is 0 Å². The van der Waals surface area contributed by atoms with Crippen LogP contribution in [0.2, 0.25) is 0 Å². The first-order valence-electron chi connectivity index (χ1n) is 4.26. The van der Waals surface area contributed by atoms with Crippen LogP contribution >= 0.6 is 9.39 Å². The average molecular weight is 195 g/mol. The van der Waals surface area contributed by atoms with E-state index in [1.54, 1.807) is 0 Å². The number of carbonyl (C=O) groups excluding carboxylic acids is 1. The van der Waals surface area contributed by atoms with E-state index in [1.165, 1.54) is 0 Å². The SMILES string of the molecule is CC(C)c1ccccc1C(=O)NP. The molecule has 0 aliphatic carbocycles. The summed E-state index contributed by atoms with van der Waals surface area (Å²) in [5.74, 6) is 0.327. The summed E-state index contributed by atoms with van der Waals surface area (Å²) in [5.41, 5.74) is 1.84. The predicted octanol–water partition coefficient (Wildman–Crippen LogP) is 2.33. The minimum absolute atomic E-state index is 0.0469. The second kappa shape index (κ2) is 4.38. The summed E-state index contributed by atoms with van der Waals surface area (Å²) in [6, 6.07) is 7.66. The highest BCUT2D eigenvalue weighted by atomic mass is 31.0. The third kappa shape index (κ3) is 2.28. The number of hydrogen-bond donors (Lipinski definition) is 1. The topological polar surface area (TPSA) is 29.1 Å². The summed E-state index contributed by atoms with van der Waals surface area (Å²) >= 11 is 0. The molecule has 2 nitrogen and oxygen atoms in total. The fraction of sp³-hybridized carbons (Fsp3) is 0.300. The second-order valence-corrected chi connectivity index (χ2v) is 3.50. The summed E-state index contributed by atoms with van der Waals surface area (Å²) in [5, 5.41) is 2.55. The molecule has 0 spiro atoms. The molecule has 1 unspecified atom stereocenters. The van der Waals surface area contributed by atoms with E-state index in [9.17, 15) is 4.79 Å². The summed E-state index contributed by atoms with van der Waals surface area (Å²) in [6.45, 7) is 4.16. The zero-order chi connectivity index (χ0) is 9.84. The Labute approximate surface area is 81.0 Å². The molecule has 0 aliphatic rings. The molecule has 1 atom stereocenters. The van der Waals surface area contributed by atoms with E-state index in [2.05, 4.69) is 28.3 Å². The van der Waals surface area contributed by atoms with E-state index in [0.29, 0.717) is 5.92 Å². The van der Waals surface area contributed by atoms with Crippen molar-refractivity contribution in [1.29, 1.82) is 0 Å². The normalized spacial score (nSPS) is 10.2. The van der Waals surface area contributed by atoms with Crippen molar-refractivity contribution >= 4 is 15.3 Å². The van der Waals surface area contributed by atoms with Gasteiger partial charge in [0.15, 0.2) is 0 Å². The van der Waals surface area contributed by atoms with Gasteiger partial charge in [-0.05, 0) is 26.9 Å². The van der Waals surface area contributed by atoms with Gasteiger partial charge < -0.3 is 5.09 Å². The minimum Gasteiger partial charge on any atom is -0.337 e. The Hall–Kier alpha value is -0.880. The summed E-state index contributed by atoms with van der Waals surface area (Å²) in [4.78, 5) is 11.4. The van der Waals surface area contributed by atoms with E-state index in [4.69, 9.17) is 0 Å². The van der Waals surface area contributed by atoms with Crippen LogP contribution in [0.15, 0.2) is 24.3 Å². The Morgan fingerprint density at radius 3 is 2.54 bits per heavy atom.